The van der Waals surface area contributed by atoms with Gasteiger partial charge in [-0.05, 0) is 32.3 Å². The average molecular weight is 441 g/mol. The maximum Gasteiger partial charge on any atom is 0.191 e. The van der Waals surface area contributed by atoms with Crippen LogP contribution in [-0.2, 0) is 29.7 Å². The van der Waals surface area contributed by atoms with E-state index in [1.54, 1.807) is 14.2 Å². The highest BCUT2D eigenvalue weighted by Crippen LogP contribution is 2.44. The first-order chi connectivity index (χ1) is 15.7. The molecule has 174 valence electrons. The molecule has 1 unspecified atom stereocenters. The maximum atomic E-state index is 5.71. The van der Waals surface area contributed by atoms with Crippen LogP contribution in [0.4, 0.5) is 0 Å². The number of ether oxygens (including phenoxy) is 2. The molecule has 2 aromatic rings. The number of fused-ring (bicyclic) bond motifs is 1. The number of benzene rings is 1. The molecule has 0 radical (unpaired) electrons. The van der Waals surface area contributed by atoms with Crippen LogP contribution in [0.5, 0.6) is 5.75 Å². The van der Waals surface area contributed by atoms with Crippen molar-refractivity contribution < 1.29 is 9.47 Å². The maximum absolute atomic E-state index is 5.71. The van der Waals surface area contributed by atoms with Crippen LogP contribution >= 0.6 is 0 Å². The molecule has 0 spiro atoms. The van der Waals surface area contributed by atoms with Gasteiger partial charge in [0.15, 0.2) is 11.8 Å². The predicted molar refractivity (Wildman–Crippen MR) is 125 cm³/mol. The van der Waals surface area contributed by atoms with E-state index in [1.807, 2.05) is 10.7 Å². The average Bonchev–Trinajstić information content (AvgIpc) is 3.45. The lowest BCUT2D eigenvalue weighted by molar-refractivity contribution is 0.177. The third kappa shape index (κ3) is 4.90. The van der Waals surface area contributed by atoms with E-state index in [0.717, 1.165) is 68.7 Å². The Kier molecular flexibility index (Phi) is 7.29. The molecule has 8 heteroatoms. The monoisotopic (exact) mass is 440 g/mol. The molecule has 4 rings (SSSR count). The van der Waals surface area contributed by atoms with Crippen molar-refractivity contribution in [2.75, 3.05) is 27.3 Å². The Hall–Kier alpha value is -2.61. The van der Waals surface area contributed by atoms with Crippen molar-refractivity contribution in [1.29, 1.82) is 0 Å². The van der Waals surface area contributed by atoms with Crippen molar-refractivity contribution in [3.05, 3.63) is 41.5 Å². The van der Waals surface area contributed by atoms with E-state index >= 15 is 0 Å². The minimum Gasteiger partial charge on any atom is -0.496 e. The molecule has 1 aromatic heterocycles. The summed E-state index contributed by atoms with van der Waals surface area (Å²) in [6.07, 6.45) is 6.67. The summed E-state index contributed by atoms with van der Waals surface area (Å²) in [4.78, 5) is 9.66. The van der Waals surface area contributed by atoms with Gasteiger partial charge in [-0.3, -0.25) is 4.99 Å². The minimum atomic E-state index is 0.0373. The number of hydrogen-bond acceptors (Lipinski definition) is 5. The number of methoxy groups -OCH3 is 2. The van der Waals surface area contributed by atoms with Crippen molar-refractivity contribution in [3.63, 3.8) is 0 Å². The second-order valence-electron chi connectivity index (χ2n) is 8.82. The molecule has 32 heavy (non-hydrogen) atoms. The fraction of sp³-hybridized carbons (Fsp3) is 0.625. The van der Waals surface area contributed by atoms with Crippen LogP contribution in [0.2, 0.25) is 0 Å². The van der Waals surface area contributed by atoms with E-state index in [-0.39, 0.29) is 11.5 Å². The van der Waals surface area contributed by atoms with E-state index in [2.05, 4.69) is 45.8 Å². The third-order valence-electron chi connectivity index (χ3n) is 6.64. The van der Waals surface area contributed by atoms with Gasteiger partial charge in [-0.1, -0.05) is 31.0 Å². The van der Waals surface area contributed by atoms with Crippen LogP contribution in [-0.4, -0.2) is 54.1 Å². The highest BCUT2D eigenvalue weighted by Gasteiger charge is 2.37. The molecule has 0 saturated heterocycles. The molecule has 1 aliphatic heterocycles. The first kappa shape index (κ1) is 22.6. The van der Waals surface area contributed by atoms with Gasteiger partial charge in [0.1, 0.15) is 18.2 Å². The standard InChI is InChI=1S/C24H36N6O2/c1-4-25-23(27-18-11-12-22-28-21(16-31-2)29-30(22)15-18)26-17-24(13-7-8-14-24)19-9-5-6-10-20(19)32-3/h5-6,9-10,18H,4,7-8,11-17H2,1-3H3,(H2,25,26,27). The van der Waals surface area contributed by atoms with E-state index in [1.165, 1.54) is 18.4 Å². The van der Waals surface area contributed by atoms with E-state index < -0.39 is 0 Å². The molecule has 0 amide bonds. The molecule has 1 fully saturated rings. The van der Waals surface area contributed by atoms with Gasteiger partial charge >= 0.3 is 0 Å². The first-order valence-corrected chi connectivity index (χ1v) is 11.8. The highest BCUT2D eigenvalue weighted by molar-refractivity contribution is 5.80. The van der Waals surface area contributed by atoms with Crippen molar-refractivity contribution >= 4 is 5.96 Å². The lowest BCUT2D eigenvalue weighted by atomic mass is 9.78. The van der Waals surface area contributed by atoms with Gasteiger partial charge in [-0.15, -0.1) is 0 Å². The Balaban J connectivity index is 1.49. The highest BCUT2D eigenvalue weighted by atomic mass is 16.5. The van der Waals surface area contributed by atoms with Gasteiger partial charge < -0.3 is 20.1 Å². The zero-order valence-electron chi connectivity index (χ0n) is 19.6. The summed E-state index contributed by atoms with van der Waals surface area (Å²) >= 11 is 0. The van der Waals surface area contributed by atoms with Gasteiger partial charge in [-0.25, -0.2) is 9.67 Å². The minimum absolute atomic E-state index is 0.0373. The van der Waals surface area contributed by atoms with Crippen LogP contribution in [0.3, 0.4) is 0 Å². The Morgan fingerprint density at radius 2 is 2.06 bits per heavy atom. The molecule has 1 saturated carbocycles. The van der Waals surface area contributed by atoms with E-state index in [9.17, 15) is 0 Å². The van der Waals surface area contributed by atoms with Gasteiger partial charge in [0.25, 0.3) is 0 Å². The number of guanidine groups is 1. The molecule has 0 bridgehead atoms. The van der Waals surface area contributed by atoms with Crippen molar-refractivity contribution in [2.45, 2.75) is 70.1 Å². The number of para-hydroxylation sites is 1. The topological polar surface area (TPSA) is 85.6 Å². The molecule has 2 aliphatic rings. The second kappa shape index (κ2) is 10.3. The summed E-state index contributed by atoms with van der Waals surface area (Å²) in [5.41, 5.74) is 1.32. The lowest BCUT2D eigenvalue weighted by Gasteiger charge is -2.30. The number of aromatic nitrogens is 3. The summed E-state index contributed by atoms with van der Waals surface area (Å²) in [6.45, 7) is 4.92. The van der Waals surface area contributed by atoms with Gasteiger partial charge in [0.2, 0.25) is 0 Å². The summed E-state index contributed by atoms with van der Waals surface area (Å²) < 4.78 is 12.9. The summed E-state index contributed by atoms with van der Waals surface area (Å²) in [5.74, 6) is 3.64. The predicted octanol–water partition coefficient (Wildman–Crippen LogP) is 2.82. The normalized spacial score (nSPS) is 20.1. The summed E-state index contributed by atoms with van der Waals surface area (Å²) in [6, 6.07) is 8.70. The quantitative estimate of drug-likeness (QED) is 0.485. The zero-order valence-corrected chi connectivity index (χ0v) is 19.6. The van der Waals surface area contributed by atoms with Crippen LogP contribution in [0, 0.1) is 0 Å². The number of hydrogen-bond donors (Lipinski definition) is 2. The lowest BCUT2D eigenvalue weighted by Crippen LogP contribution is -2.47. The summed E-state index contributed by atoms with van der Waals surface area (Å²) in [7, 11) is 3.43. The Morgan fingerprint density at radius 3 is 2.81 bits per heavy atom. The molecule has 2 N–H and O–H groups in total. The number of nitrogens with one attached hydrogen (secondary N) is 2. The molecule has 1 aromatic carbocycles. The third-order valence-corrected chi connectivity index (χ3v) is 6.64. The largest absolute Gasteiger partial charge is 0.496 e. The number of nitrogens with zero attached hydrogens (tertiary/aromatic N) is 4. The SMILES string of the molecule is CCNC(=NCC1(c2ccccc2OC)CCCC1)NC1CCc2nc(COC)nn2C1. The Bertz CT molecular complexity index is 919. The molecule has 2 heterocycles. The summed E-state index contributed by atoms with van der Waals surface area (Å²) in [5, 5.41) is 11.7. The molecule has 8 nitrogen and oxygen atoms in total. The fourth-order valence-electron chi connectivity index (χ4n) is 5.06. The smallest absolute Gasteiger partial charge is 0.191 e. The van der Waals surface area contributed by atoms with Crippen LogP contribution in [0.25, 0.3) is 0 Å². The Labute approximate surface area is 190 Å². The van der Waals surface area contributed by atoms with Gasteiger partial charge in [0, 0.05) is 37.1 Å². The number of rotatable bonds is 8. The van der Waals surface area contributed by atoms with E-state index in [0.29, 0.717) is 6.61 Å². The molecule has 1 atom stereocenters. The number of aliphatic imine (C=N–C) groups is 1. The Morgan fingerprint density at radius 1 is 1.25 bits per heavy atom. The zero-order chi connectivity index (χ0) is 22.4. The second-order valence-corrected chi connectivity index (χ2v) is 8.82. The van der Waals surface area contributed by atoms with E-state index in [4.69, 9.17) is 14.5 Å². The van der Waals surface area contributed by atoms with Gasteiger partial charge in [-0.2, -0.15) is 5.10 Å². The molecular weight excluding hydrogens is 404 g/mol. The first-order valence-electron chi connectivity index (χ1n) is 11.8. The molecular formula is C24H36N6O2. The van der Waals surface area contributed by atoms with Crippen LogP contribution in [0.1, 0.15) is 56.2 Å². The van der Waals surface area contributed by atoms with Crippen molar-refractivity contribution in [1.82, 2.24) is 25.4 Å². The van der Waals surface area contributed by atoms with Crippen molar-refractivity contribution in [3.8, 4) is 5.75 Å². The van der Waals surface area contributed by atoms with Gasteiger partial charge in [0.05, 0.1) is 20.2 Å². The number of aryl methyl sites for hydroxylation is 1. The van der Waals surface area contributed by atoms with Crippen LogP contribution < -0.4 is 15.4 Å². The van der Waals surface area contributed by atoms with Crippen LogP contribution in [0.15, 0.2) is 29.3 Å². The van der Waals surface area contributed by atoms with Crippen molar-refractivity contribution in [2.24, 2.45) is 4.99 Å². The molecule has 1 aliphatic carbocycles. The fourth-order valence-corrected chi connectivity index (χ4v) is 5.06.